The monoisotopic (exact) mass is 310 g/mol. The summed E-state index contributed by atoms with van der Waals surface area (Å²) < 4.78 is 5.95. The number of rotatable bonds is 6. The van der Waals surface area contributed by atoms with E-state index >= 15 is 0 Å². The molecule has 1 saturated heterocycles. The molecule has 0 unspecified atom stereocenters. The van der Waals surface area contributed by atoms with Crippen molar-refractivity contribution in [3.05, 3.63) is 22.4 Å². The molecule has 0 bridgehead atoms. The van der Waals surface area contributed by atoms with Gasteiger partial charge in [-0.1, -0.05) is 19.9 Å². The van der Waals surface area contributed by atoms with Crippen LogP contribution in [0.1, 0.15) is 64.8 Å². The van der Waals surface area contributed by atoms with Crippen LogP contribution in [0.25, 0.3) is 0 Å². The highest BCUT2D eigenvalue weighted by molar-refractivity contribution is 7.10. The van der Waals surface area contributed by atoms with Gasteiger partial charge in [-0.05, 0) is 56.4 Å². The van der Waals surface area contributed by atoms with E-state index in [1.165, 1.54) is 30.7 Å². The molecule has 2 atom stereocenters. The molecular formula is C18H32NOS+. The summed E-state index contributed by atoms with van der Waals surface area (Å²) in [6.07, 6.45) is 3.71. The first-order chi connectivity index (χ1) is 9.85. The second-order valence-electron chi connectivity index (χ2n) is 7.63. The van der Waals surface area contributed by atoms with Crippen LogP contribution in [0, 0.1) is 11.3 Å². The third kappa shape index (κ3) is 4.30. The summed E-state index contributed by atoms with van der Waals surface area (Å²) >= 11 is 1.87. The van der Waals surface area contributed by atoms with Crippen LogP contribution in [-0.2, 0) is 4.74 Å². The van der Waals surface area contributed by atoms with Crippen LogP contribution >= 0.6 is 11.3 Å². The third-order valence-corrected chi connectivity index (χ3v) is 6.32. The topological polar surface area (TPSA) is 25.8 Å². The summed E-state index contributed by atoms with van der Waals surface area (Å²) in [7, 11) is 0. The zero-order valence-corrected chi connectivity index (χ0v) is 15.1. The maximum Gasteiger partial charge on any atom is 0.118 e. The molecule has 3 heteroatoms. The van der Waals surface area contributed by atoms with Gasteiger partial charge in [-0.25, -0.2) is 0 Å². The lowest BCUT2D eigenvalue weighted by atomic mass is 9.65. The molecule has 2 heterocycles. The second-order valence-corrected chi connectivity index (χ2v) is 8.61. The molecule has 1 fully saturated rings. The molecule has 1 aliphatic rings. The average Bonchev–Trinajstić information content (AvgIpc) is 2.91. The lowest BCUT2D eigenvalue weighted by Gasteiger charge is -2.47. The Morgan fingerprint density at radius 3 is 2.67 bits per heavy atom. The molecule has 0 radical (unpaired) electrons. The average molecular weight is 311 g/mol. The first kappa shape index (κ1) is 17.0. The number of ether oxygens (including phenoxy) is 1. The Morgan fingerprint density at radius 1 is 1.33 bits per heavy atom. The molecule has 0 amide bonds. The van der Waals surface area contributed by atoms with Gasteiger partial charge < -0.3 is 10.1 Å². The molecule has 0 spiro atoms. The molecule has 120 valence electrons. The lowest BCUT2D eigenvalue weighted by Crippen LogP contribution is -2.85. The fraction of sp³-hybridized carbons (Fsp3) is 0.778. The predicted octanol–water partition coefficient (Wildman–Crippen LogP) is 3.99. The van der Waals surface area contributed by atoms with E-state index in [-0.39, 0.29) is 5.60 Å². The molecule has 2 nitrogen and oxygen atoms in total. The molecule has 1 aromatic heterocycles. The van der Waals surface area contributed by atoms with Crippen LogP contribution in [0.15, 0.2) is 17.5 Å². The minimum absolute atomic E-state index is 0.0435. The number of hydrogen-bond donors (Lipinski definition) is 1. The maximum atomic E-state index is 5.95. The highest BCUT2D eigenvalue weighted by atomic mass is 32.1. The van der Waals surface area contributed by atoms with Crippen LogP contribution in [-0.4, -0.2) is 18.8 Å². The fourth-order valence-corrected chi connectivity index (χ4v) is 4.58. The van der Waals surface area contributed by atoms with E-state index in [9.17, 15) is 0 Å². The van der Waals surface area contributed by atoms with Gasteiger partial charge in [0.05, 0.1) is 17.0 Å². The highest BCUT2D eigenvalue weighted by Crippen LogP contribution is 2.46. The van der Waals surface area contributed by atoms with Crippen LogP contribution in [0.4, 0.5) is 0 Å². The lowest BCUT2D eigenvalue weighted by molar-refractivity contribution is -0.694. The zero-order valence-electron chi connectivity index (χ0n) is 14.3. The smallest absolute Gasteiger partial charge is 0.118 e. The Labute approximate surface area is 134 Å². The SMILES string of the molecule is CC(C)[C@]1(CC[NH2+][C@@H](C)c2cccs2)CCOC(C)(C)C1. The van der Waals surface area contributed by atoms with Crippen molar-refractivity contribution < 1.29 is 10.1 Å². The second kappa shape index (κ2) is 6.80. The fourth-order valence-electron chi connectivity index (χ4n) is 3.80. The Kier molecular flexibility index (Phi) is 5.50. The number of quaternary nitrogens is 1. The Bertz CT molecular complexity index is 426. The summed E-state index contributed by atoms with van der Waals surface area (Å²) in [5.74, 6) is 0.728. The summed E-state index contributed by atoms with van der Waals surface area (Å²) in [4.78, 5) is 1.49. The van der Waals surface area contributed by atoms with Gasteiger partial charge in [0, 0.05) is 13.0 Å². The van der Waals surface area contributed by atoms with Gasteiger partial charge in [0.2, 0.25) is 0 Å². The molecule has 21 heavy (non-hydrogen) atoms. The predicted molar refractivity (Wildman–Crippen MR) is 90.7 cm³/mol. The molecule has 0 aliphatic carbocycles. The van der Waals surface area contributed by atoms with Gasteiger partial charge in [-0.15, -0.1) is 11.3 Å². The van der Waals surface area contributed by atoms with Crippen molar-refractivity contribution in [3.63, 3.8) is 0 Å². The summed E-state index contributed by atoms with van der Waals surface area (Å²) in [6.45, 7) is 13.7. The van der Waals surface area contributed by atoms with E-state index in [1.54, 1.807) is 0 Å². The minimum atomic E-state index is 0.0435. The zero-order chi connectivity index (χ0) is 15.5. The molecule has 2 rings (SSSR count). The molecular weight excluding hydrogens is 278 g/mol. The summed E-state index contributed by atoms with van der Waals surface area (Å²) in [6, 6.07) is 4.99. The van der Waals surface area contributed by atoms with Crippen LogP contribution in [0.5, 0.6) is 0 Å². The van der Waals surface area contributed by atoms with Gasteiger partial charge in [0.25, 0.3) is 0 Å². The van der Waals surface area contributed by atoms with Crippen LogP contribution in [0.3, 0.4) is 0 Å². The Hall–Kier alpha value is -0.380. The third-order valence-electron chi connectivity index (χ3n) is 5.25. The largest absolute Gasteiger partial charge is 0.376 e. The first-order valence-electron chi connectivity index (χ1n) is 8.35. The molecule has 0 aromatic carbocycles. The van der Waals surface area contributed by atoms with Crippen molar-refractivity contribution in [2.24, 2.45) is 11.3 Å². The van der Waals surface area contributed by atoms with E-state index in [0.29, 0.717) is 11.5 Å². The van der Waals surface area contributed by atoms with E-state index < -0.39 is 0 Å². The summed E-state index contributed by atoms with van der Waals surface area (Å²) in [5.41, 5.74) is 0.495. The van der Waals surface area contributed by atoms with Crippen molar-refractivity contribution in [3.8, 4) is 0 Å². The van der Waals surface area contributed by atoms with Gasteiger partial charge in [-0.3, -0.25) is 0 Å². The normalized spacial score (nSPS) is 27.0. The van der Waals surface area contributed by atoms with E-state index in [2.05, 4.69) is 57.4 Å². The molecule has 1 aromatic rings. The number of thiophene rings is 1. The van der Waals surface area contributed by atoms with Crippen molar-refractivity contribution in [2.45, 2.75) is 65.5 Å². The number of nitrogens with two attached hydrogens (primary N) is 1. The summed E-state index contributed by atoms with van der Waals surface area (Å²) in [5, 5.41) is 4.69. The van der Waals surface area contributed by atoms with Crippen molar-refractivity contribution in [1.29, 1.82) is 0 Å². The molecule has 0 saturated carbocycles. The Balaban J connectivity index is 1.91. The quantitative estimate of drug-likeness (QED) is 0.844. The molecule has 1 aliphatic heterocycles. The van der Waals surface area contributed by atoms with E-state index in [1.807, 2.05) is 11.3 Å². The van der Waals surface area contributed by atoms with E-state index in [4.69, 9.17) is 4.74 Å². The van der Waals surface area contributed by atoms with Gasteiger partial charge in [0.1, 0.15) is 6.04 Å². The Morgan fingerprint density at radius 2 is 2.10 bits per heavy atom. The van der Waals surface area contributed by atoms with Crippen molar-refractivity contribution >= 4 is 11.3 Å². The van der Waals surface area contributed by atoms with E-state index in [0.717, 1.165) is 12.5 Å². The number of hydrogen-bond acceptors (Lipinski definition) is 2. The highest BCUT2D eigenvalue weighted by Gasteiger charge is 2.43. The first-order valence-corrected chi connectivity index (χ1v) is 9.23. The molecule has 2 N–H and O–H groups in total. The van der Waals surface area contributed by atoms with Crippen molar-refractivity contribution in [1.82, 2.24) is 0 Å². The standard InChI is InChI=1S/C18H31NOS/c1-14(2)18(9-11-20-17(4,5)13-18)8-10-19-15(3)16-7-6-12-21-16/h6-7,12,14-15,19H,8-11,13H2,1-5H3/p+1/t15-,18+/m0/s1. The van der Waals surface area contributed by atoms with Crippen LogP contribution in [0.2, 0.25) is 0 Å². The van der Waals surface area contributed by atoms with Crippen LogP contribution < -0.4 is 5.32 Å². The van der Waals surface area contributed by atoms with Gasteiger partial charge in [-0.2, -0.15) is 0 Å². The maximum absolute atomic E-state index is 5.95. The van der Waals surface area contributed by atoms with Gasteiger partial charge >= 0.3 is 0 Å². The van der Waals surface area contributed by atoms with Crippen molar-refractivity contribution in [2.75, 3.05) is 13.2 Å². The van der Waals surface area contributed by atoms with Gasteiger partial charge in [0.15, 0.2) is 0 Å². The minimum Gasteiger partial charge on any atom is -0.376 e.